The Labute approximate surface area is 208 Å². The van der Waals surface area contributed by atoms with Gasteiger partial charge in [-0.15, -0.1) is 0 Å². The number of halogens is 1. The van der Waals surface area contributed by atoms with E-state index >= 15 is 0 Å². The minimum Gasteiger partial charge on any atom is -0.323 e. The number of nitrogens with zero attached hydrogens (tertiary/aromatic N) is 1. The van der Waals surface area contributed by atoms with Crippen molar-refractivity contribution in [3.63, 3.8) is 0 Å². The molecule has 5 rings (SSSR count). The summed E-state index contributed by atoms with van der Waals surface area (Å²) in [6.45, 7) is 4.32. The number of aryl methyl sites for hydroxylation is 2. The molecular weight excluding hydrogens is 453 g/mol. The minimum absolute atomic E-state index is 0.755. The predicted octanol–water partition coefficient (Wildman–Crippen LogP) is 7.24. The maximum atomic E-state index is 6.53. The van der Waals surface area contributed by atoms with Crippen molar-refractivity contribution in [1.82, 2.24) is 4.57 Å². The molecule has 1 aromatic heterocycles. The van der Waals surface area contributed by atoms with E-state index in [1.165, 1.54) is 32.6 Å². The fraction of sp³-hybridized carbons (Fsp3) is 0.0968. The van der Waals surface area contributed by atoms with E-state index in [-0.39, 0.29) is 0 Å². The lowest BCUT2D eigenvalue weighted by atomic mass is 10.2. The summed E-state index contributed by atoms with van der Waals surface area (Å²) in [5.74, 6) is 0. The molecule has 0 aliphatic rings. The van der Waals surface area contributed by atoms with Crippen LogP contribution in [0.5, 0.6) is 0 Å². The van der Waals surface area contributed by atoms with Crippen molar-refractivity contribution in [3.05, 3.63) is 143 Å². The summed E-state index contributed by atoms with van der Waals surface area (Å²) in [6, 6.07) is 39.4. The molecule has 0 atom stereocenters. The van der Waals surface area contributed by atoms with Gasteiger partial charge in [0.05, 0.1) is 5.69 Å². The van der Waals surface area contributed by atoms with Gasteiger partial charge in [-0.3, -0.25) is 0 Å². The molecule has 0 bridgehead atoms. The molecule has 0 spiro atoms. The molecule has 0 saturated heterocycles. The second-order valence-electron chi connectivity index (χ2n) is 8.78. The lowest BCUT2D eigenvalue weighted by Gasteiger charge is -2.28. The highest BCUT2D eigenvalue weighted by molar-refractivity contribution is 7.95. The van der Waals surface area contributed by atoms with Crippen LogP contribution in [-0.2, 0) is 6.16 Å². The van der Waals surface area contributed by atoms with Crippen molar-refractivity contribution in [2.45, 2.75) is 20.0 Å². The van der Waals surface area contributed by atoms with Crippen LogP contribution in [0.2, 0.25) is 5.02 Å². The number of aromatic nitrogens is 1. The van der Waals surface area contributed by atoms with Crippen molar-refractivity contribution in [3.8, 4) is 5.69 Å². The van der Waals surface area contributed by atoms with Gasteiger partial charge in [-0.25, -0.2) is 0 Å². The van der Waals surface area contributed by atoms with Gasteiger partial charge in [0.1, 0.15) is 29.3 Å². The highest BCUT2D eigenvalue weighted by Crippen LogP contribution is 2.58. The van der Waals surface area contributed by atoms with Crippen LogP contribution in [0.25, 0.3) is 5.69 Å². The predicted molar refractivity (Wildman–Crippen MR) is 149 cm³/mol. The first-order valence-corrected chi connectivity index (χ1v) is 13.9. The third-order valence-electron chi connectivity index (χ3n) is 6.61. The van der Waals surface area contributed by atoms with E-state index in [0.717, 1.165) is 16.9 Å². The van der Waals surface area contributed by atoms with E-state index in [1.54, 1.807) is 0 Å². The maximum absolute atomic E-state index is 6.53. The lowest BCUT2D eigenvalue weighted by Crippen LogP contribution is -2.32. The molecule has 0 unspecified atom stereocenters. The van der Waals surface area contributed by atoms with E-state index < -0.39 is 7.26 Å². The van der Waals surface area contributed by atoms with E-state index in [1.807, 2.05) is 6.07 Å². The van der Waals surface area contributed by atoms with Gasteiger partial charge >= 0.3 is 0 Å². The Morgan fingerprint density at radius 1 is 0.618 bits per heavy atom. The molecule has 0 N–H and O–H groups in total. The van der Waals surface area contributed by atoms with Crippen molar-refractivity contribution < 1.29 is 0 Å². The molecule has 1 nitrogen and oxygen atoms in total. The quantitative estimate of drug-likeness (QED) is 0.226. The zero-order chi connectivity index (χ0) is 23.5. The summed E-state index contributed by atoms with van der Waals surface area (Å²) in [5, 5.41) is 4.90. The Morgan fingerprint density at radius 2 is 1.06 bits per heavy atom. The topological polar surface area (TPSA) is 4.93 Å². The van der Waals surface area contributed by atoms with Crippen LogP contribution >= 0.6 is 18.9 Å². The summed E-state index contributed by atoms with van der Waals surface area (Å²) in [7, 11) is -2.00. The number of hydrogen-bond donors (Lipinski definition) is 0. The SMILES string of the molecule is Cc1cn(-c2cc(Cl)ccc2C[P+](c2ccccc2)(c2ccccc2)c2ccccc2)cc1C. The normalized spacial score (nSPS) is 11.5. The minimum atomic E-state index is -2.00. The first-order valence-electron chi connectivity index (χ1n) is 11.6. The molecule has 0 fully saturated rings. The number of rotatable bonds is 6. The molecule has 1 heterocycles. The van der Waals surface area contributed by atoms with Gasteiger partial charge in [0.2, 0.25) is 0 Å². The zero-order valence-electron chi connectivity index (χ0n) is 19.5. The van der Waals surface area contributed by atoms with E-state index in [4.69, 9.17) is 11.6 Å². The van der Waals surface area contributed by atoms with Gasteiger partial charge < -0.3 is 4.57 Å². The van der Waals surface area contributed by atoms with E-state index in [9.17, 15) is 0 Å². The Bertz CT molecular complexity index is 1280. The van der Waals surface area contributed by atoms with Crippen molar-refractivity contribution in [1.29, 1.82) is 0 Å². The third-order valence-corrected chi connectivity index (χ3v) is 11.2. The van der Waals surface area contributed by atoms with Crippen molar-refractivity contribution in [2.75, 3.05) is 0 Å². The van der Waals surface area contributed by atoms with Crippen molar-refractivity contribution in [2.24, 2.45) is 0 Å². The van der Waals surface area contributed by atoms with Gasteiger partial charge in [0, 0.05) is 23.0 Å². The van der Waals surface area contributed by atoms with Gasteiger partial charge in [0.15, 0.2) is 0 Å². The van der Waals surface area contributed by atoms with Crippen molar-refractivity contribution >= 4 is 34.8 Å². The second kappa shape index (κ2) is 9.63. The Balaban J connectivity index is 1.79. The molecule has 0 saturated carbocycles. The Morgan fingerprint density at radius 3 is 1.50 bits per heavy atom. The van der Waals surface area contributed by atoms with E-state index in [0.29, 0.717) is 0 Å². The Hall–Kier alpha value is -3.12. The van der Waals surface area contributed by atoms with Gasteiger partial charge in [-0.1, -0.05) is 72.3 Å². The van der Waals surface area contributed by atoms with Gasteiger partial charge in [-0.05, 0) is 73.5 Å². The van der Waals surface area contributed by atoms with Crippen LogP contribution in [0.15, 0.2) is 122 Å². The van der Waals surface area contributed by atoms with Crippen LogP contribution in [0, 0.1) is 13.8 Å². The number of benzene rings is 4. The standard InChI is InChI=1S/C31H28ClNP/c1-24-21-33(22-25(24)2)31-20-27(32)19-18-26(31)23-34(28-12-6-3-7-13-28,29-14-8-4-9-15-29)30-16-10-5-11-17-30/h3-22H,23H2,1-2H3/q+1. The molecule has 3 heteroatoms. The molecule has 4 aromatic carbocycles. The fourth-order valence-corrected chi connectivity index (χ4v) is 9.16. The van der Waals surface area contributed by atoms with Crippen LogP contribution in [0.3, 0.4) is 0 Å². The average molecular weight is 481 g/mol. The molecule has 34 heavy (non-hydrogen) atoms. The van der Waals surface area contributed by atoms with Crippen LogP contribution in [0.1, 0.15) is 16.7 Å². The average Bonchev–Trinajstić information content (AvgIpc) is 3.22. The van der Waals surface area contributed by atoms with Crippen LogP contribution in [-0.4, -0.2) is 4.57 Å². The summed E-state index contributed by atoms with van der Waals surface area (Å²) < 4.78 is 2.24. The first-order chi connectivity index (χ1) is 16.6. The van der Waals surface area contributed by atoms with Gasteiger partial charge in [-0.2, -0.15) is 0 Å². The highest BCUT2D eigenvalue weighted by Gasteiger charge is 2.45. The molecule has 0 radical (unpaired) electrons. The maximum Gasteiger partial charge on any atom is 0.116 e. The fourth-order valence-electron chi connectivity index (χ4n) is 4.73. The molecule has 5 aromatic rings. The second-order valence-corrected chi connectivity index (χ2v) is 12.7. The molecule has 168 valence electrons. The van der Waals surface area contributed by atoms with Crippen LogP contribution in [0.4, 0.5) is 0 Å². The molecular formula is C31H28ClNP+. The zero-order valence-corrected chi connectivity index (χ0v) is 21.2. The first kappa shape index (κ1) is 22.7. The molecule has 0 aliphatic carbocycles. The van der Waals surface area contributed by atoms with E-state index in [2.05, 4.69) is 134 Å². The van der Waals surface area contributed by atoms with Crippen LogP contribution < -0.4 is 15.9 Å². The molecule has 0 amide bonds. The lowest BCUT2D eigenvalue weighted by molar-refractivity contribution is 1.05. The summed E-state index contributed by atoms with van der Waals surface area (Å²) in [5.41, 5.74) is 5.00. The molecule has 0 aliphatic heterocycles. The third kappa shape index (κ3) is 4.23. The Kier molecular flexibility index (Phi) is 6.42. The summed E-state index contributed by atoms with van der Waals surface area (Å²) >= 11 is 6.53. The smallest absolute Gasteiger partial charge is 0.116 e. The monoisotopic (exact) mass is 480 g/mol. The number of hydrogen-bond acceptors (Lipinski definition) is 0. The largest absolute Gasteiger partial charge is 0.323 e. The summed E-state index contributed by atoms with van der Waals surface area (Å²) in [4.78, 5) is 0. The van der Waals surface area contributed by atoms with Gasteiger partial charge in [0.25, 0.3) is 0 Å². The summed E-state index contributed by atoms with van der Waals surface area (Å²) in [6.07, 6.45) is 5.32. The highest BCUT2D eigenvalue weighted by atomic mass is 35.5.